The molecule has 41 heavy (non-hydrogen) atoms. The van der Waals surface area contributed by atoms with Crippen LogP contribution in [0, 0.1) is 5.41 Å². The van der Waals surface area contributed by atoms with Crippen LogP contribution < -0.4 is 27.0 Å². The summed E-state index contributed by atoms with van der Waals surface area (Å²) in [5.74, 6) is -2.82. The number of urea groups is 1. The van der Waals surface area contributed by atoms with Gasteiger partial charge in [0.1, 0.15) is 5.84 Å². The Balaban J connectivity index is 0.000000587. The van der Waals surface area contributed by atoms with Crippen LogP contribution >= 0.6 is 0 Å². The number of aliphatic carboxylic acids is 1. The number of halogens is 3. The van der Waals surface area contributed by atoms with E-state index in [1.165, 1.54) is 0 Å². The van der Waals surface area contributed by atoms with Gasteiger partial charge in [0, 0.05) is 28.9 Å². The molecular weight excluding hydrogens is 541 g/mol. The van der Waals surface area contributed by atoms with E-state index >= 15 is 0 Å². The van der Waals surface area contributed by atoms with Crippen LogP contribution in [0.25, 0.3) is 0 Å². The molecule has 0 heterocycles. The predicted octanol–water partition coefficient (Wildman–Crippen LogP) is 5.31. The van der Waals surface area contributed by atoms with Crippen molar-refractivity contribution in [3.63, 3.8) is 0 Å². The van der Waals surface area contributed by atoms with Gasteiger partial charge in [-0.15, -0.1) is 0 Å². The maximum absolute atomic E-state index is 12.5. The van der Waals surface area contributed by atoms with Crippen molar-refractivity contribution in [2.75, 3.05) is 16.0 Å². The van der Waals surface area contributed by atoms with E-state index in [9.17, 15) is 22.8 Å². The fraction of sp³-hybridized carbons (Fsp3) is 0.214. The maximum atomic E-state index is 12.5. The van der Waals surface area contributed by atoms with Crippen molar-refractivity contribution in [2.24, 2.45) is 5.73 Å². The van der Waals surface area contributed by atoms with Crippen LogP contribution in [0.1, 0.15) is 47.3 Å². The second-order valence-electron chi connectivity index (χ2n) is 9.15. The Bertz CT molecular complexity index is 1390. The normalized spacial score (nSPS) is 13.1. The standard InChI is InChI=1S/C26H28N6O2.C2HF3O2/c1-16(17-6-8-19(9-7-17)25(33)30-20-14-15-20)29-22-4-2-3-5-23(22)32-26(34)31-21-12-10-18(11-13-21)24(27)28;3-2(4,5)1(6)7/h2-13,16,20,29H,14-15H2,1H3,(H3,27,28)(H,30,33)(H2,31,32,34);(H,6,7). The molecule has 3 aromatic rings. The third-order valence-electron chi connectivity index (χ3n) is 5.83. The highest BCUT2D eigenvalue weighted by molar-refractivity contribution is 6.02. The van der Waals surface area contributed by atoms with Crippen molar-refractivity contribution in [3.05, 3.63) is 89.5 Å². The van der Waals surface area contributed by atoms with Crippen molar-refractivity contribution in [1.29, 1.82) is 5.41 Å². The zero-order valence-corrected chi connectivity index (χ0v) is 21.9. The number of rotatable bonds is 8. The van der Waals surface area contributed by atoms with Gasteiger partial charge in [-0.2, -0.15) is 13.2 Å². The summed E-state index contributed by atoms with van der Waals surface area (Å²) >= 11 is 0. The summed E-state index contributed by atoms with van der Waals surface area (Å²) in [6.45, 7) is 2.02. The van der Waals surface area contributed by atoms with Gasteiger partial charge in [0.25, 0.3) is 5.91 Å². The number of alkyl halides is 3. The summed E-state index contributed by atoms with van der Waals surface area (Å²) < 4.78 is 31.7. The Morgan fingerprint density at radius 2 is 1.44 bits per heavy atom. The number of nitrogen functional groups attached to an aromatic ring is 1. The van der Waals surface area contributed by atoms with Gasteiger partial charge in [0.05, 0.1) is 11.4 Å². The van der Waals surface area contributed by atoms with E-state index < -0.39 is 12.1 Å². The fourth-order valence-electron chi connectivity index (χ4n) is 3.47. The van der Waals surface area contributed by atoms with Gasteiger partial charge in [-0.1, -0.05) is 24.3 Å². The van der Waals surface area contributed by atoms with Gasteiger partial charge >= 0.3 is 18.2 Å². The molecular formula is C28H29F3N6O4. The summed E-state index contributed by atoms with van der Waals surface area (Å²) in [6.07, 6.45) is -2.97. The molecule has 1 aliphatic carbocycles. The number of carboxylic acids is 1. The number of nitrogens with one attached hydrogen (secondary N) is 5. The van der Waals surface area contributed by atoms with E-state index in [2.05, 4.69) is 21.3 Å². The number of para-hydroxylation sites is 2. The molecule has 4 rings (SSSR count). The molecule has 1 unspecified atom stereocenters. The lowest BCUT2D eigenvalue weighted by Gasteiger charge is -2.19. The van der Waals surface area contributed by atoms with E-state index in [0.29, 0.717) is 28.5 Å². The molecule has 1 atom stereocenters. The second kappa shape index (κ2) is 13.3. The Labute approximate surface area is 233 Å². The number of benzene rings is 3. The first-order valence-electron chi connectivity index (χ1n) is 12.4. The van der Waals surface area contributed by atoms with E-state index in [1.54, 1.807) is 24.3 Å². The Kier molecular flexibility index (Phi) is 9.90. The number of carbonyl (C=O) groups is 3. The molecule has 1 fully saturated rings. The van der Waals surface area contributed by atoms with Crippen LogP contribution in [0.5, 0.6) is 0 Å². The van der Waals surface area contributed by atoms with Crippen molar-refractivity contribution >= 4 is 40.8 Å². The van der Waals surface area contributed by atoms with E-state index in [0.717, 1.165) is 24.1 Å². The highest BCUT2D eigenvalue weighted by atomic mass is 19.4. The Morgan fingerprint density at radius 3 is 1.95 bits per heavy atom. The SMILES string of the molecule is CC(Nc1ccccc1NC(=O)Nc1ccc(C(=N)N)cc1)c1ccc(C(=O)NC2CC2)cc1.O=C(O)C(F)(F)F. The molecule has 3 amide bonds. The highest BCUT2D eigenvalue weighted by Gasteiger charge is 2.38. The smallest absolute Gasteiger partial charge is 0.475 e. The van der Waals surface area contributed by atoms with Gasteiger partial charge in [-0.25, -0.2) is 9.59 Å². The van der Waals surface area contributed by atoms with Crippen LogP contribution in [-0.4, -0.2) is 41.1 Å². The van der Waals surface area contributed by atoms with E-state index in [4.69, 9.17) is 21.0 Å². The lowest BCUT2D eigenvalue weighted by molar-refractivity contribution is -0.192. The van der Waals surface area contributed by atoms with Gasteiger partial charge in [-0.05, 0) is 73.9 Å². The van der Waals surface area contributed by atoms with Crippen LogP contribution in [0.4, 0.5) is 35.0 Å². The number of hydrogen-bond acceptors (Lipinski definition) is 5. The summed E-state index contributed by atoms with van der Waals surface area (Å²) in [4.78, 5) is 33.6. The summed E-state index contributed by atoms with van der Waals surface area (Å²) in [6, 6.07) is 21.6. The molecule has 0 aromatic heterocycles. The number of amides is 3. The molecule has 3 aromatic carbocycles. The summed E-state index contributed by atoms with van der Waals surface area (Å²) in [5, 5.41) is 26.6. The minimum Gasteiger partial charge on any atom is -0.475 e. The second-order valence-corrected chi connectivity index (χ2v) is 9.15. The molecule has 10 nitrogen and oxygen atoms in total. The predicted molar refractivity (Wildman–Crippen MR) is 149 cm³/mol. The van der Waals surface area contributed by atoms with E-state index in [-0.39, 0.29) is 23.8 Å². The molecule has 216 valence electrons. The topological polar surface area (TPSA) is 169 Å². The third-order valence-corrected chi connectivity index (χ3v) is 5.83. The zero-order valence-electron chi connectivity index (χ0n) is 21.9. The first-order chi connectivity index (χ1) is 19.3. The molecule has 1 saturated carbocycles. The minimum absolute atomic E-state index is 0.0266. The number of nitrogens with two attached hydrogens (primary N) is 1. The molecule has 0 spiro atoms. The Morgan fingerprint density at radius 1 is 0.902 bits per heavy atom. The van der Waals surface area contributed by atoms with Crippen molar-refractivity contribution in [2.45, 2.75) is 38.0 Å². The van der Waals surface area contributed by atoms with E-state index in [1.807, 2.05) is 55.5 Å². The quantitative estimate of drug-likeness (QED) is 0.143. The third kappa shape index (κ3) is 9.56. The molecule has 0 aliphatic heterocycles. The fourth-order valence-corrected chi connectivity index (χ4v) is 3.47. The largest absolute Gasteiger partial charge is 0.490 e. The monoisotopic (exact) mass is 570 g/mol. The van der Waals surface area contributed by atoms with Gasteiger partial charge in [-0.3, -0.25) is 10.2 Å². The van der Waals surface area contributed by atoms with Crippen LogP contribution in [0.3, 0.4) is 0 Å². The van der Waals surface area contributed by atoms with Crippen LogP contribution in [0.15, 0.2) is 72.8 Å². The molecule has 1 aliphatic rings. The highest BCUT2D eigenvalue weighted by Crippen LogP contribution is 2.27. The van der Waals surface area contributed by atoms with Crippen molar-refractivity contribution in [3.8, 4) is 0 Å². The van der Waals surface area contributed by atoms with Crippen molar-refractivity contribution in [1.82, 2.24) is 5.32 Å². The number of hydrogen-bond donors (Lipinski definition) is 7. The molecule has 0 bridgehead atoms. The average molecular weight is 571 g/mol. The summed E-state index contributed by atoms with van der Waals surface area (Å²) in [5.41, 5.74) is 9.72. The minimum atomic E-state index is -5.08. The van der Waals surface area contributed by atoms with Crippen LogP contribution in [-0.2, 0) is 4.79 Å². The lowest BCUT2D eigenvalue weighted by atomic mass is 10.1. The Hall–Kier alpha value is -5.07. The number of carbonyl (C=O) groups excluding carboxylic acids is 2. The van der Waals surface area contributed by atoms with Crippen LogP contribution in [0.2, 0.25) is 0 Å². The number of anilines is 3. The van der Waals surface area contributed by atoms with Gasteiger partial charge in [0.15, 0.2) is 0 Å². The maximum Gasteiger partial charge on any atom is 0.490 e. The average Bonchev–Trinajstić information content (AvgIpc) is 3.74. The molecule has 0 radical (unpaired) electrons. The number of carboxylic acid groups (broad SMARTS) is 1. The van der Waals surface area contributed by atoms with Crippen molar-refractivity contribution < 1.29 is 32.7 Å². The lowest BCUT2D eigenvalue weighted by Crippen LogP contribution is -2.25. The molecule has 13 heteroatoms. The van der Waals surface area contributed by atoms with Gasteiger partial charge < -0.3 is 32.1 Å². The number of amidine groups is 1. The van der Waals surface area contributed by atoms with Gasteiger partial charge in [0.2, 0.25) is 0 Å². The molecule has 8 N–H and O–H groups in total. The summed E-state index contributed by atoms with van der Waals surface area (Å²) in [7, 11) is 0. The molecule has 0 saturated heterocycles. The zero-order chi connectivity index (χ0) is 30.2. The first kappa shape index (κ1) is 30.5. The first-order valence-corrected chi connectivity index (χ1v) is 12.4.